The maximum Gasteiger partial charge on any atom is 0.328 e. The minimum absolute atomic E-state index is 0.0270. The Morgan fingerprint density at radius 2 is 2.00 bits per heavy atom. The first-order valence-corrected chi connectivity index (χ1v) is 8.93. The van der Waals surface area contributed by atoms with E-state index in [-0.39, 0.29) is 12.4 Å². The van der Waals surface area contributed by atoms with Crippen LogP contribution in [0.1, 0.15) is 45.4 Å². The SMILES string of the molecule is CCCCCCCS(=O)(=O)CC(=O)NC1CCOC1=O. The molecule has 1 rings (SSSR count). The first-order chi connectivity index (χ1) is 9.44. The van der Waals surface area contributed by atoms with Crippen molar-refractivity contribution >= 4 is 21.7 Å². The second-order valence-electron chi connectivity index (χ2n) is 5.08. The fourth-order valence-electron chi connectivity index (χ4n) is 2.06. The van der Waals surface area contributed by atoms with Gasteiger partial charge in [-0.25, -0.2) is 13.2 Å². The van der Waals surface area contributed by atoms with Crippen LogP contribution in [0.3, 0.4) is 0 Å². The van der Waals surface area contributed by atoms with Crippen molar-refractivity contribution in [3.05, 3.63) is 0 Å². The van der Waals surface area contributed by atoms with Crippen molar-refractivity contribution < 1.29 is 22.7 Å². The summed E-state index contributed by atoms with van der Waals surface area (Å²) in [6.07, 6.45) is 5.08. The van der Waals surface area contributed by atoms with E-state index in [0.717, 1.165) is 25.7 Å². The fraction of sp³-hybridized carbons (Fsp3) is 0.846. The molecule has 0 saturated carbocycles. The number of sulfone groups is 1. The Morgan fingerprint density at radius 3 is 2.60 bits per heavy atom. The van der Waals surface area contributed by atoms with Gasteiger partial charge >= 0.3 is 5.97 Å². The number of hydrogen-bond donors (Lipinski definition) is 1. The van der Waals surface area contributed by atoms with Crippen molar-refractivity contribution in [1.29, 1.82) is 0 Å². The van der Waals surface area contributed by atoms with Gasteiger partial charge in [0.25, 0.3) is 0 Å². The summed E-state index contributed by atoms with van der Waals surface area (Å²) in [6.45, 7) is 2.36. The molecule has 1 fully saturated rings. The molecular weight excluding hydrogens is 282 g/mol. The Bertz CT molecular complexity index is 432. The lowest BCUT2D eigenvalue weighted by atomic mass is 10.2. The number of carbonyl (C=O) groups is 2. The minimum Gasteiger partial charge on any atom is -0.464 e. The van der Waals surface area contributed by atoms with E-state index in [0.29, 0.717) is 12.8 Å². The number of carbonyl (C=O) groups excluding carboxylic acids is 2. The van der Waals surface area contributed by atoms with Crippen molar-refractivity contribution in [3.8, 4) is 0 Å². The standard InChI is InChI=1S/C13H23NO5S/c1-2-3-4-5-6-9-20(17,18)10-12(15)14-11-7-8-19-13(11)16/h11H,2-10H2,1H3,(H,14,15). The van der Waals surface area contributed by atoms with Gasteiger partial charge in [0.15, 0.2) is 9.84 Å². The van der Waals surface area contributed by atoms with Gasteiger partial charge in [0.05, 0.1) is 12.4 Å². The number of unbranched alkanes of at least 4 members (excludes halogenated alkanes) is 4. The molecule has 6 nitrogen and oxygen atoms in total. The molecule has 0 aromatic rings. The Hall–Kier alpha value is -1.11. The van der Waals surface area contributed by atoms with Crippen molar-refractivity contribution in [2.75, 3.05) is 18.1 Å². The van der Waals surface area contributed by atoms with Gasteiger partial charge in [-0.3, -0.25) is 4.79 Å². The summed E-state index contributed by atoms with van der Waals surface area (Å²) in [6, 6.07) is -0.692. The van der Waals surface area contributed by atoms with Gasteiger partial charge in [-0.05, 0) is 6.42 Å². The maximum atomic E-state index is 11.8. The lowest BCUT2D eigenvalue weighted by Gasteiger charge is -2.09. The summed E-state index contributed by atoms with van der Waals surface area (Å²) in [5, 5.41) is 2.40. The molecule has 0 aromatic carbocycles. The molecule has 1 atom stereocenters. The monoisotopic (exact) mass is 305 g/mol. The molecule has 1 N–H and O–H groups in total. The van der Waals surface area contributed by atoms with Crippen molar-refractivity contribution in [1.82, 2.24) is 5.32 Å². The molecule has 1 unspecified atom stereocenters. The molecule has 0 aliphatic carbocycles. The van der Waals surface area contributed by atoms with Crippen LogP contribution in [0.2, 0.25) is 0 Å². The summed E-state index contributed by atoms with van der Waals surface area (Å²) in [5.74, 6) is -1.64. The smallest absolute Gasteiger partial charge is 0.328 e. The Morgan fingerprint density at radius 1 is 1.30 bits per heavy atom. The Labute approximate surface area is 120 Å². The van der Waals surface area contributed by atoms with Gasteiger partial charge < -0.3 is 10.1 Å². The quantitative estimate of drug-likeness (QED) is 0.503. The van der Waals surface area contributed by atoms with Crippen LogP contribution in [0.5, 0.6) is 0 Å². The van der Waals surface area contributed by atoms with Crippen LogP contribution in [-0.2, 0) is 24.2 Å². The number of nitrogens with one attached hydrogen (secondary N) is 1. The number of ether oxygens (including phenoxy) is 1. The van der Waals surface area contributed by atoms with E-state index < -0.39 is 33.5 Å². The molecule has 1 saturated heterocycles. The molecule has 0 aromatic heterocycles. The number of rotatable bonds is 9. The van der Waals surface area contributed by atoms with Crippen molar-refractivity contribution in [3.63, 3.8) is 0 Å². The Kier molecular flexibility index (Phi) is 6.98. The highest BCUT2D eigenvalue weighted by molar-refractivity contribution is 7.92. The average Bonchev–Trinajstić information content (AvgIpc) is 2.74. The third-order valence-electron chi connectivity index (χ3n) is 3.18. The van der Waals surface area contributed by atoms with Crippen LogP contribution < -0.4 is 5.32 Å². The fourth-order valence-corrected chi connectivity index (χ4v) is 3.33. The van der Waals surface area contributed by atoms with Gasteiger partial charge in [0, 0.05) is 6.42 Å². The van der Waals surface area contributed by atoms with E-state index in [1.165, 1.54) is 0 Å². The van der Waals surface area contributed by atoms with Gasteiger partial charge in [0.1, 0.15) is 11.8 Å². The van der Waals surface area contributed by atoms with E-state index >= 15 is 0 Å². The summed E-state index contributed by atoms with van der Waals surface area (Å²) < 4.78 is 28.2. The van der Waals surface area contributed by atoms with Crippen LogP contribution >= 0.6 is 0 Å². The molecule has 1 heterocycles. The maximum absolute atomic E-state index is 11.8. The zero-order valence-electron chi connectivity index (χ0n) is 11.9. The molecule has 0 radical (unpaired) electrons. The zero-order chi connectivity index (χ0) is 15.0. The first kappa shape index (κ1) is 16.9. The van der Waals surface area contributed by atoms with Crippen LogP contribution in [0.4, 0.5) is 0 Å². The lowest BCUT2D eigenvalue weighted by Crippen LogP contribution is -2.41. The van der Waals surface area contributed by atoms with E-state index in [9.17, 15) is 18.0 Å². The van der Waals surface area contributed by atoms with Crippen LogP contribution in [0, 0.1) is 0 Å². The number of cyclic esters (lactones) is 1. The molecule has 7 heteroatoms. The van der Waals surface area contributed by atoms with Gasteiger partial charge in [-0.2, -0.15) is 0 Å². The molecule has 1 aliphatic rings. The first-order valence-electron chi connectivity index (χ1n) is 7.11. The largest absolute Gasteiger partial charge is 0.464 e. The molecule has 1 aliphatic heterocycles. The minimum atomic E-state index is -3.39. The molecule has 1 amide bonds. The summed E-state index contributed by atoms with van der Waals surface area (Å²) in [7, 11) is -3.39. The van der Waals surface area contributed by atoms with Gasteiger partial charge in [-0.1, -0.05) is 32.6 Å². The van der Waals surface area contributed by atoms with Crippen molar-refractivity contribution in [2.24, 2.45) is 0 Å². The third-order valence-corrected chi connectivity index (χ3v) is 4.79. The van der Waals surface area contributed by atoms with E-state index in [1.807, 2.05) is 0 Å². The molecular formula is C13H23NO5S. The topological polar surface area (TPSA) is 89.5 Å². The number of amides is 1. The third kappa shape index (κ3) is 6.36. The van der Waals surface area contributed by atoms with Crippen LogP contribution in [0.15, 0.2) is 0 Å². The zero-order valence-corrected chi connectivity index (χ0v) is 12.7. The molecule has 116 valence electrons. The predicted octanol–water partition coefficient (Wildman–Crippen LogP) is 0.803. The second kappa shape index (κ2) is 8.24. The average molecular weight is 305 g/mol. The van der Waals surface area contributed by atoms with E-state index in [1.54, 1.807) is 0 Å². The second-order valence-corrected chi connectivity index (χ2v) is 7.27. The Balaban J connectivity index is 2.26. The highest BCUT2D eigenvalue weighted by atomic mass is 32.2. The van der Waals surface area contributed by atoms with E-state index in [4.69, 9.17) is 4.74 Å². The highest BCUT2D eigenvalue weighted by Crippen LogP contribution is 2.07. The van der Waals surface area contributed by atoms with Crippen LogP contribution in [-0.4, -0.2) is 44.4 Å². The lowest BCUT2D eigenvalue weighted by molar-refractivity contribution is -0.141. The number of hydrogen-bond acceptors (Lipinski definition) is 5. The van der Waals surface area contributed by atoms with Crippen LogP contribution in [0.25, 0.3) is 0 Å². The summed E-state index contributed by atoms with van der Waals surface area (Å²) in [4.78, 5) is 22.8. The van der Waals surface area contributed by atoms with Gasteiger partial charge in [-0.15, -0.1) is 0 Å². The molecule has 0 spiro atoms. The summed E-state index contributed by atoms with van der Waals surface area (Å²) >= 11 is 0. The normalized spacial score (nSPS) is 18.9. The van der Waals surface area contributed by atoms with Gasteiger partial charge in [0.2, 0.25) is 5.91 Å². The van der Waals surface area contributed by atoms with Crippen molar-refractivity contribution in [2.45, 2.75) is 51.5 Å². The van der Waals surface area contributed by atoms with E-state index in [2.05, 4.69) is 12.2 Å². The molecule has 0 bridgehead atoms. The molecule has 20 heavy (non-hydrogen) atoms. The number of esters is 1. The summed E-state index contributed by atoms with van der Waals surface area (Å²) in [5.41, 5.74) is 0. The highest BCUT2D eigenvalue weighted by Gasteiger charge is 2.29. The predicted molar refractivity (Wildman–Crippen MR) is 74.9 cm³/mol.